The van der Waals surface area contributed by atoms with Crippen LogP contribution < -0.4 is 0 Å². The zero-order valence-corrected chi connectivity index (χ0v) is 10.0. The molecule has 100 valence electrons. The van der Waals surface area contributed by atoms with Crippen molar-refractivity contribution in [2.24, 2.45) is 5.92 Å². The lowest BCUT2D eigenvalue weighted by atomic mass is 10.0. The minimum absolute atomic E-state index is 0.00951. The van der Waals surface area contributed by atoms with Crippen LogP contribution in [-0.4, -0.2) is 41.7 Å². The lowest BCUT2D eigenvalue weighted by Gasteiger charge is -2.23. The summed E-state index contributed by atoms with van der Waals surface area (Å²) in [6, 6.07) is 0. The zero-order valence-electron chi connectivity index (χ0n) is 9.28. The van der Waals surface area contributed by atoms with Gasteiger partial charge in [0.2, 0.25) is 5.78 Å². The normalized spacial score (nSPS) is 13.8. The van der Waals surface area contributed by atoms with E-state index in [9.17, 15) is 18.4 Å². The maximum absolute atomic E-state index is 12.6. The number of carbonyl (C=O) groups is 2. The van der Waals surface area contributed by atoms with E-state index >= 15 is 0 Å². The van der Waals surface area contributed by atoms with Gasteiger partial charge in [-0.05, 0) is 25.4 Å². The van der Waals surface area contributed by atoms with Crippen LogP contribution in [-0.2, 0) is 19.1 Å². The molecule has 0 saturated carbocycles. The number of alkyl halides is 3. The van der Waals surface area contributed by atoms with Gasteiger partial charge in [0.25, 0.3) is 0 Å². The molecule has 5 nitrogen and oxygen atoms in total. The van der Waals surface area contributed by atoms with E-state index in [0.717, 1.165) is 0 Å². The molecule has 0 radical (unpaired) electrons. The summed E-state index contributed by atoms with van der Waals surface area (Å²) in [5, 5.41) is 4.49. The van der Waals surface area contributed by atoms with Gasteiger partial charge in [0.05, 0.1) is 0 Å². The summed E-state index contributed by atoms with van der Waals surface area (Å²) in [6.07, 6.45) is -1.58. The van der Waals surface area contributed by atoms with Crippen LogP contribution in [0.2, 0.25) is 0 Å². The van der Waals surface area contributed by atoms with Crippen LogP contribution >= 0.6 is 11.6 Å². The largest absolute Gasteiger partial charge is 0.481 e. The monoisotopic (exact) mass is 274 g/mol. The van der Waals surface area contributed by atoms with Crippen LogP contribution in [0.15, 0.2) is 0 Å². The third kappa shape index (κ3) is 4.93. The van der Waals surface area contributed by atoms with Crippen molar-refractivity contribution in [2.75, 3.05) is 13.2 Å². The molecule has 0 amide bonds. The lowest BCUT2D eigenvalue weighted by Crippen LogP contribution is -2.44. The van der Waals surface area contributed by atoms with Crippen LogP contribution in [0.25, 0.3) is 0 Å². The summed E-state index contributed by atoms with van der Waals surface area (Å²) >= 11 is 4.51. The van der Waals surface area contributed by atoms with Crippen LogP contribution in [0.5, 0.6) is 0 Å². The Hall–Kier alpha value is -0.790. The first-order valence-corrected chi connectivity index (χ1v) is 5.20. The number of ketones is 1. The van der Waals surface area contributed by atoms with E-state index in [4.69, 9.17) is 14.6 Å². The molecule has 0 heterocycles. The molecule has 0 fully saturated rings. The molecule has 0 spiro atoms. The highest BCUT2D eigenvalue weighted by Crippen LogP contribution is 2.27. The minimum Gasteiger partial charge on any atom is -0.481 e. The van der Waals surface area contributed by atoms with Crippen LogP contribution in [0, 0.1) is 5.92 Å². The average molecular weight is 275 g/mol. The summed E-state index contributed by atoms with van der Waals surface area (Å²) < 4.78 is 34.8. The van der Waals surface area contributed by atoms with Gasteiger partial charge in [-0.3, -0.25) is 9.59 Å². The van der Waals surface area contributed by atoms with Gasteiger partial charge >= 0.3 is 11.4 Å². The molecule has 8 heteroatoms. The second-order valence-corrected chi connectivity index (χ2v) is 3.43. The highest BCUT2D eigenvalue weighted by Gasteiger charge is 2.48. The maximum Gasteiger partial charge on any atom is 0.381 e. The Labute approximate surface area is 102 Å². The van der Waals surface area contributed by atoms with Gasteiger partial charge in [0.1, 0.15) is 0 Å². The van der Waals surface area contributed by atoms with E-state index in [2.05, 4.69) is 11.6 Å². The van der Waals surface area contributed by atoms with Gasteiger partial charge in [-0.15, -0.1) is 0 Å². The summed E-state index contributed by atoms with van der Waals surface area (Å²) in [7, 11) is 0. The first-order chi connectivity index (χ1) is 7.75. The van der Waals surface area contributed by atoms with Crippen LogP contribution in [0.3, 0.4) is 0 Å². The summed E-state index contributed by atoms with van der Waals surface area (Å²) in [6.45, 7) is 3.04. The number of rotatable bonds is 8. The van der Waals surface area contributed by atoms with E-state index in [1.807, 2.05) is 0 Å². The van der Waals surface area contributed by atoms with Gasteiger partial charge < -0.3 is 14.6 Å². The molecule has 0 aromatic rings. The Morgan fingerprint density at radius 1 is 1.29 bits per heavy atom. The molecule has 0 aromatic carbocycles. The number of halogens is 3. The van der Waals surface area contributed by atoms with Crippen molar-refractivity contribution in [3.8, 4) is 0 Å². The van der Waals surface area contributed by atoms with E-state index in [-0.39, 0.29) is 13.2 Å². The smallest absolute Gasteiger partial charge is 0.381 e. The fourth-order valence-corrected chi connectivity index (χ4v) is 1.22. The van der Waals surface area contributed by atoms with Crippen molar-refractivity contribution in [1.82, 2.24) is 0 Å². The number of hydrogen-bond donors (Lipinski definition) is 1. The number of aliphatic carboxylic acids is 1. The fourth-order valence-electron chi connectivity index (χ4n) is 1.10. The molecule has 0 aliphatic heterocycles. The number of carboxylic acids is 1. The van der Waals surface area contributed by atoms with Gasteiger partial charge in [-0.25, -0.2) is 0 Å². The van der Waals surface area contributed by atoms with E-state index < -0.39 is 29.3 Å². The number of carbonyl (C=O) groups excluding carboxylic acids is 1. The molecule has 17 heavy (non-hydrogen) atoms. The highest BCUT2D eigenvalue weighted by molar-refractivity contribution is 6.34. The molecule has 1 N–H and O–H groups in total. The summed E-state index contributed by atoms with van der Waals surface area (Å²) in [5.74, 6) is -5.90. The maximum atomic E-state index is 12.6. The predicted octanol–water partition coefficient (Wildman–Crippen LogP) is 1.49. The molecule has 0 saturated heterocycles. The predicted molar refractivity (Wildman–Crippen MR) is 54.0 cm³/mol. The minimum atomic E-state index is -4.27. The average Bonchev–Trinajstić information content (AvgIpc) is 2.16. The Morgan fingerprint density at radius 3 is 1.94 bits per heavy atom. The molecule has 0 aliphatic carbocycles. The highest BCUT2D eigenvalue weighted by atomic mass is 35.5. The molecule has 0 aromatic heterocycles. The van der Waals surface area contributed by atoms with Crippen molar-refractivity contribution in [2.45, 2.75) is 25.5 Å². The Kier molecular flexibility index (Phi) is 6.51. The molecular weight excluding hydrogens is 262 g/mol. The van der Waals surface area contributed by atoms with Gasteiger partial charge in [-0.1, -0.05) is 0 Å². The summed E-state index contributed by atoms with van der Waals surface area (Å²) in [4.78, 5) is 22.0. The standard InChI is InChI=1S/C9H13ClF2O5/c1-3-16-8(17-4-2)5(7(14)15)6(13)9(10,11)12/h5,8H,3-4H2,1-2H3,(H,14,15). The van der Waals surface area contributed by atoms with E-state index in [1.165, 1.54) is 13.8 Å². The second-order valence-electron chi connectivity index (χ2n) is 2.96. The first kappa shape index (κ1) is 16.2. The third-order valence-corrected chi connectivity index (χ3v) is 1.95. The van der Waals surface area contributed by atoms with Crippen molar-refractivity contribution >= 4 is 23.4 Å². The molecule has 0 aliphatic rings. The first-order valence-electron chi connectivity index (χ1n) is 4.82. The van der Waals surface area contributed by atoms with Crippen LogP contribution in [0.4, 0.5) is 8.78 Å². The Bertz CT molecular complexity index is 273. The Morgan fingerprint density at radius 2 is 1.71 bits per heavy atom. The fraction of sp³-hybridized carbons (Fsp3) is 0.778. The molecular formula is C9H13ClF2O5. The van der Waals surface area contributed by atoms with Gasteiger partial charge in [0, 0.05) is 13.2 Å². The molecule has 0 bridgehead atoms. The lowest BCUT2D eigenvalue weighted by molar-refractivity contribution is -0.193. The third-order valence-electron chi connectivity index (χ3n) is 1.76. The topological polar surface area (TPSA) is 72.8 Å². The number of Topliss-reactive ketones (excluding diaryl/α,β-unsaturated/α-hetero) is 1. The number of ether oxygens (including phenoxy) is 2. The van der Waals surface area contributed by atoms with Crippen molar-refractivity contribution < 1.29 is 33.0 Å². The van der Waals surface area contributed by atoms with E-state index in [1.54, 1.807) is 0 Å². The summed E-state index contributed by atoms with van der Waals surface area (Å²) in [5.41, 5.74) is 0. The molecule has 0 rings (SSSR count). The SMILES string of the molecule is CCOC(OCC)C(C(=O)O)C(=O)C(F)(F)Cl. The quantitative estimate of drug-likeness (QED) is 0.412. The van der Waals surface area contributed by atoms with E-state index in [0.29, 0.717) is 0 Å². The van der Waals surface area contributed by atoms with Crippen molar-refractivity contribution in [3.63, 3.8) is 0 Å². The van der Waals surface area contributed by atoms with Gasteiger partial charge in [-0.2, -0.15) is 8.78 Å². The second kappa shape index (κ2) is 6.83. The van der Waals surface area contributed by atoms with Gasteiger partial charge in [0.15, 0.2) is 12.2 Å². The molecule has 1 unspecified atom stereocenters. The number of carboxylic acid groups (broad SMARTS) is 1. The zero-order chi connectivity index (χ0) is 13.6. The van der Waals surface area contributed by atoms with Crippen molar-refractivity contribution in [3.05, 3.63) is 0 Å². The Balaban J connectivity index is 5.04. The number of hydrogen-bond acceptors (Lipinski definition) is 4. The van der Waals surface area contributed by atoms with Crippen molar-refractivity contribution in [1.29, 1.82) is 0 Å². The van der Waals surface area contributed by atoms with Crippen LogP contribution in [0.1, 0.15) is 13.8 Å². The molecule has 1 atom stereocenters.